The molecule has 0 saturated heterocycles. The molecule has 0 atom stereocenters. The fourth-order valence-electron chi connectivity index (χ4n) is 2.27. The maximum Gasteiger partial charge on any atom is 0.127 e. The van der Waals surface area contributed by atoms with E-state index in [4.69, 9.17) is 21.6 Å². The summed E-state index contributed by atoms with van der Waals surface area (Å²) in [4.78, 5) is 0. The molecule has 3 rings (SSSR count). The van der Waals surface area contributed by atoms with Crippen LogP contribution in [-0.4, -0.2) is 0 Å². The van der Waals surface area contributed by atoms with Crippen molar-refractivity contribution in [2.45, 2.75) is 6.61 Å². The van der Waals surface area contributed by atoms with Gasteiger partial charge in [-0.2, -0.15) is 5.26 Å². The largest absolute Gasteiger partial charge is 0.488 e. The summed E-state index contributed by atoms with van der Waals surface area (Å²) in [5, 5.41) is 11.7. The summed E-state index contributed by atoms with van der Waals surface area (Å²) in [6, 6.07) is 21.2. The third kappa shape index (κ3) is 2.69. The fraction of sp³-hybridized carbons (Fsp3) is 0.0556. The van der Waals surface area contributed by atoms with Crippen molar-refractivity contribution in [2.24, 2.45) is 0 Å². The smallest absolute Gasteiger partial charge is 0.127 e. The third-order valence-electron chi connectivity index (χ3n) is 3.35. The van der Waals surface area contributed by atoms with E-state index >= 15 is 0 Å². The highest BCUT2D eigenvalue weighted by molar-refractivity contribution is 6.35. The molecule has 0 radical (unpaired) electrons. The van der Waals surface area contributed by atoms with Crippen LogP contribution in [-0.2, 0) is 6.61 Å². The number of nitriles is 1. The van der Waals surface area contributed by atoms with Crippen LogP contribution in [0.25, 0.3) is 10.8 Å². The van der Waals surface area contributed by atoms with Gasteiger partial charge in [0.15, 0.2) is 0 Å². The van der Waals surface area contributed by atoms with Crippen molar-refractivity contribution in [2.75, 3.05) is 0 Å². The number of benzene rings is 3. The van der Waals surface area contributed by atoms with Crippen LogP contribution in [0.3, 0.4) is 0 Å². The average molecular weight is 294 g/mol. The van der Waals surface area contributed by atoms with Crippen LogP contribution in [0.5, 0.6) is 5.75 Å². The van der Waals surface area contributed by atoms with Crippen molar-refractivity contribution in [3.63, 3.8) is 0 Å². The first-order chi connectivity index (χ1) is 10.3. The van der Waals surface area contributed by atoms with E-state index in [0.29, 0.717) is 17.2 Å². The van der Waals surface area contributed by atoms with Crippen LogP contribution in [0, 0.1) is 11.3 Å². The molecule has 0 amide bonds. The Balaban J connectivity index is 1.93. The van der Waals surface area contributed by atoms with Crippen molar-refractivity contribution in [3.05, 3.63) is 76.8 Å². The van der Waals surface area contributed by atoms with E-state index in [-0.39, 0.29) is 0 Å². The lowest BCUT2D eigenvalue weighted by Crippen LogP contribution is -1.98. The molecule has 0 unspecified atom stereocenters. The molecule has 0 aliphatic heterocycles. The first kappa shape index (κ1) is 13.5. The van der Waals surface area contributed by atoms with Gasteiger partial charge in [-0.1, -0.05) is 54.1 Å². The molecule has 3 aromatic rings. The number of hydrogen-bond donors (Lipinski definition) is 0. The van der Waals surface area contributed by atoms with Gasteiger partial charge in [-0.25, -0.2) is 0 Å². The Morgan fingerprint density at radius 3 is 2.43 bits per heavy atom. The Kier molecular flexibility index (Phi) is 3.77. The highest BCUT2D eigenvalue weighted by Crippen LogP contribution is 2.31. The van der Waals surface area contributed by atoms with E-state index in [9.17, 15) is 0 Å². The minimum absolute atomic E-state index is 0.357. The lowest BCUT2D eigenvalue weighted by atomic mass is 10.1. The lowest BCUT2D eigenvalue weighted by Gasteiger charge is -2.11. The fourth-order valence-corrected chi connectivity index (χ4v) is 2.50. The summed E-state index contributed by atoms with van der Waals surface area (Å²) in [7, 11) is 0. The number of ether oxygens (including phenoxy) is 1. The number of hydrogen-bond acceptors (Lipinski definition) is 2. The summed E-state index contributed by atoms with van der Waals surface area (Å²) in [5.74, 6) is 0.766. The standard InChI is InChI=1S/C18H12ClNO/c19-17-9-10-18(16-8-4-3-7-15(16)17)21-12-14-6-2-1-5-13(14)11-20/h1-10H,12H2. The van der Waals surface area contributed by atoms with Gasteiger partial charge in [-0.15, -0.1) is 0 Å². The average Bonchev–Trinajstić information content (AvgIpc) is 2.55. The summed E-state index contributed by atoms with van der Waals surface area (Å²) in [5.41, 5.74) is 1.51. The molecule has 102 valence electrons. The van der Waals surface area contributed by atoms with Crippen molar-refractivity contribution < 1.29 is 4.74 Å². The molecule has 0 spiro atoms. The molecule has 0 heterocycles. The molecule has 3 heteroatoms. The Labute approximate surface area is 128 Å². The second kappa shape index (κ2) is 5.87. The molecule has 0 fully saturated rings. The van der Waals surface area contributed by atoms with Gasteiger partial charge >= 0.3 is 0 Å². The van der Waals surface area contributed by atoms with Crippen molar-refractivity contribution >= 4 is 22.4 Å². The molecular weight excluding hydrogens is 282 g/mol. The zero-order valence-corrected chi connectivity index (χ0v) is 12.0. The Hall–Kier alpha value is -2.50. The monoisotopic (exact) mass is 293 g/mol. The normalized spacial score (nSPS) is 10.3. The second-order valence-electron chi connectivity index (χ2n) is 4.65. The topological polar surface area (TPSA) is 33.0 Å². The van der Waals surface area contributed by atoms with Gasteiger partial charge in [0.1, 0.15) is 12.4 Å². The number of fused-ring (bicyclic) bond motifs is 1. The van der Waals surface area contributed by atoms with Gasteiger partial charge in [0.05, 0.1) is 11.6 Å². The maximum atomic E-state index is 9.10. The van der Waals surface area contributed by atoms with Crippen molar-refractivity contribution in [1.82, 2.24) is 0 Å². The van der Waals surface area contributed by atoms with Crippen LogP contribution in [0.2, 0.25) is 5.02 Å². The predicted molar refractivity (Wildman–Crippen MR) is 84.4 cm³/mol. The zero-order chi connectivity index (χ0) is 14.7. The Bertz CT molecular complexity index is 836. The molecule has 0 aliphatic rings. The summed E-state index contributed by atoms with van der Waals surface area (Å²) in [6.07, 6.45) is 0. The van der Waals surface area contributed by atoms with E-state index in [1.165, 1.54) is 0 Å². The molecule has 3 aromatic carbocycles. The summed E-state index contributed by atoms with van der Waals surface area (Å²) in [6.45, 7) is 0.357. The van der Waals surface area contributed by atoms with Gasteiger partial charge in [-0.05, 0) is 18.2 Å². The van der Waals surface area contributed by atoms with Gasteiger partial charge in [-0.3, -0.25) is 0 Å². The SMILES string of the molecule is N#Cc1ccccc1COc1ccc(Cl)c2ccccc12. The molecule has 0 bridgehead atoms. The molecule has 0 N–H and O–H groups in total. The molecular formula is C18H12ClNO. The zero-order valence-electron chi connectivity index (χ0n) is 11.2. The van der Waals surface area contributed by atoms with E-state index in [1.807, 2.05) is 54.6 Å². The highest BCUT2D eigenvalue weighted by Gasteiger charge is 2.07. The lowest BCUT2D eigenvalue weighted by molar-refractivity contribution is 0.309. The maximum absolute atomic E-state index is 9.10. The van der Waals surface area contributed by atoms with Gasteiger partial charge in [0, 0.05) is 21.4 Å². The van der Waals surface area contributed by atoms with Gasteiger partial charge in [0.2, 0.25) is 0 Å². The number of halogens is 1. The van der Waals surface area contributed by atoms with E-state index < -0.39 is 0 Å². The van der Waals surface area contributed by atoms with Crippen LogP contribution in [0.1, 0.15) is 11.1 Å². The quantitative estimate of drug-likeness (QED) is 0.685. The molecule has 0 aliphatic carbocycles. The van der Waals surface area contributed by atoms with Crippen LogP contribution in [0.15, 0.2) is 60.7 Å². The first-order valence-electron chi connectivity index (χ1n) is 6.57. The van der Waals surface area contributed by atoms with Crippen LogP contribution in [0.4, 0.5) is 0 Å². The number of rotatable bonds is 3. The van der Waals surface area contributed by atoms with Crippen molar-refractivity contribution in [1.29, 1.82) is 5.26 Å². The van der Waals surface area contributed by atoms with E-state index in [2.05, 4.69) is 6.07 Å². The third-order valence-corrected chi connectivity index (χ3v) is 3.68. The van der Waals surface area contributed by atoms with Crippen LogP contribution >= 0.6 is 11.6 Å². The van der Waals surface area contributed by atoms with Crippen molar-refractivity contribution in [3.8, 4) is 11.8 Å². The first-order valence-corrected chi connectivity index (χ1v) is 6.95. The van der Waals surface area contributed by atoms with Gasteiger partial charge in [0.25, 0.3) is 0 Å². The summed E-state index contributed by atoms with van der Waals surface area (Å²) >= 11 is 6.20. The van der Waals surface area contributed by atoms with Gasteiger partial charge < -0.3 is 4.74 Å². The highest BCUT2D eigenvalue weighted by atomic mass is 35.5. The second-order valence-corrected chi connectivity index (χ2v) is 5.06. The summed E-state index contributed by atoms with van der Waals surface area (Å²) < 4.78 is 5.89. The minimum Gasteiger partial charge on any atom is -0.488 e. The molecule has 0 aromatic heterocycles. The Morgan fingerprint density at radius 1 is 0.905 bits per heavy atom. The number of nitrogens with zero attached hydrogens (tertiary/aromatic N) is 1. The molecule has 2 nitrogen and oxygen atoms in total. The minimum atomic E-state index is 0.357. The van der Waals surface area contributed by atoms with Crippen LogP contribution < -0.4 is 4.74 Å². The molecule has 21 heavy (non-hydrogen) atoms. The van der Waals surface area contributed by atoms with E-state index in [0.717, 1.165) is 22.1 Å². The predicted octanol–water partition coefficient (Wildman–Crippen LogP) is 4.94. The van der Waals surface area contributed by atoms with E-state index in [1.54, 1.807) is 6.07 Å². The molecule has 0 saturated carbocycles. The Morgan fingerprint density at radius 2 is 1.62 bits per heavy atom.